The molecule has 0 unspecified atom stereocenters. The number of alkyl carbamates (subject to hydrolysis) is 2. The third kappa shape index (κ3) is 9.06. The number of carbonyl (C=O) groups is 2. The van der Waals surface area contributed by atoms with Gasteiger partial charge in [0.25, 0.3) is 0 Å². The first-order valence-corrected chi connectivity index (χ1v) is 11.1. The fourth-order valence-electron chi connectivity index (χ4n) is 3.06. The maximum Gasteiger partial charge on any atom is 0.407 e. The predicted molar refractivity (Wildman–Crippen MR) is 121 cm³/mol. The first-order valence-electron chi connectivity index (χ1n) is 11.1. The summed E-state index contributed by atoms with van der Waals surface area (Å²) in [5.74, 6) is 0. The van der Waals surface area contributed by atoms with Gasteiger partial charge in [-0.2, -0.15) is 0 Å². The van der Waals surface area contributed by atoms with Crippen molar-refractivity contribution in [2.24, 2.45) is 0 Å². The van der Waals surface area contributed by atoms with Gasteiger partial charge in [0.2, 0.25) is 0 Å². The fourth-order valence-corrected chi connectivity index (χ4v) is 3.06. The van der Waals surface area contributed by atoms with Gasteiger partial charge in [0.05, 0.1) is 24.3 Å². The van der Waals surface area contributed by atoms with Crippen molar-refractivity contribution in [1.29, 1.82) is 0 Å². The molecule has 1 aromatic carbocycles. The van der Waals surface area contributed by atoms with Gasteiger partial charge < -0.3 is 20.1 Å². The van der Waals surface area contributed by atoms with Crippen molar-refractivity contribution in [3.8, 4) is 0 Å². The first-order chi connectivity index (χ1) is 14.1. The molecule has 1 aromatic rings. The molecular weight excluding hydrogens is 380 g/mol. The molecule has 6 nitrogen and oxygen atoms in total. The molecule has 6 heteroatoms. The van der Waals surface area contributed by atoms with Gasteiger partial charge in [-0.1, -0.05) is 63.8 Å². The molecule has 0 spiro atoms. The number of hydrogen-bond acceptors (Lipinski definition) is 4. The molecule has 1 rings (SSSR count). The average molecular weight is 421 g/mol. The Morgan fingerprint density at radius 2 is 1.17 bits per heavy atom. The molecule has 0 aliphatic carbocycles. The Hall–Kier alpha value is -2.24. The molecule has 0 fully saturated rings. The van der Waals surface area contributed by atoms with E-state index in [-0.39, 0.29) is 0 Å². The van der Waals surface area contributed by atoms with Gasteiger partial charge in [-0.3, -0.25) is 0 Å². The van der Waals surface area contributed by atoms with E-state index in [9.17, 15) is 9.59 Å². The summed E-state index contributed by atoms with van der Waals surface area (Å²) in [6.07, 6.45) is 5.15. The van der Waals surface area contributed by atoms with Gasteiger partial charge >= 0.3 is 12.2 Å². The van der Waals surface area contributed by atoms with E-state index >= 15 is 0 Å². The Bertz CT molecular complexity index is 618. The molecule has 0 aliphatic heterocycles. The van der Waals surface area contributed by atoms with Crippen LogP contribution >= 0.6 is 0 Å². The number of nitrogens with one attached hydrogen (secondary N) is 2. The second kappa shape index (κ2) is 12.5. The lowest BCUT2D eigenvalue weighted by atomic mass is 9.87. The van der Waals surface area contributed by atoms with Gasteiger partial charge in [-0.15, -0.1) is 0 Å². The van der Waals surface area contributed by atoms with Crippen molar-refractivity contribution < 1.29 is 19.1 Å². The van der Waals surface area contributed by atoms with E-state index in [4.69, 9.17) is 9.47 Å². The summed E-state index contributed by atoms with van der Waals surface area (Å²) in [6, 6.07) is 7.84. The maximum atomic E-state index is 12.2. The summed E-state index contributed by atoms with van der Waals surface area (Å²) < 4.78 is 10.6. The van der Waals surface area contributed by atoms with Crippen LogP contribution in [0.5, 0.6) is 0 Å². The third-order valence-corrected chi connectivity index (χ3v) is 5.10. The zero-order valence-corrected chi connectivity index (χ0v) is 19.6. The summed E-state index contributed by atoms with van der Waals surface area (Å²) >= 11 is 0. The highest BCUT2D eigenvalue weighted by Gasteiger charge is 2.28. The van der Waals surface area contributed by atoms with Crippen LogP contribution in [0.1, 0.15) is 91.2 Å². The highest BCUT2D eigenvalue weighted by molar-refractivity contribution is 5.69. The van der Waals surface area contributed by atoms with E-state index in [0.29, 0.717) is 13.2 Å². The molecule has 0 saturated carbocycles. The molecule has 30 heavy (non-hydrogen) atoms. The van der Waals surface area contributed by atoms with Crippen molar-refractivity contribution in [3.63, 3.8) is 0 Å². The van der Waals surface area contributed by atoms with Crippen LogP contribution < -0.4 is 10.6 Å². The van der Waals surface area contributed by atoms with Crippen LogP contribution in [0.2, 0.25) is 0 Å². The molecule has 0 saturated heterocycles. The number of ether oxygens (including phenoxy) is 2. The lowest BCUT2D eigenvalue weighted by molar-refractivity contribution is 0.133. The number of unbranched alkanes of at least 4 members (excludes halogenated alkanes) is 4. The fraction of sp³-hybridized carbons (Fsp3) is 0.667. The third-order valence-electron chi connectivity index (χ3n) is 5.10. The summed E-state index contributed by atoms with van der Waals surface area (Å²) in [5.41, 5.74) is 0.622. The summed E-state index contributed by atoms with van der Waals surface area (Å²) in [7, 11) is 0. The van der Waals surface area contributed by atoms with Crippen LogP contribution in [0.15, 0.2) is 24.3 Å². The zero-order valence-electron chi connectivity index (χ0n) is 19.6. The van der Waals surface area contributed by atoms with Crippen molar-refractivity contribution >= 4 is 12.2 Å². The summed E-state index contributed by atoms with van der Waals surface area (Å²) in [5, 5.41) is 5.87. The number of rotatable bonds is 12. The smallest absolute Gasteiger partial charge is 0.407 e. The van der Waals surface area contributed by atoms with Gasteiger partial charge in [0, 0.05) is 0 Å². The second-order valence-electron chi connectivity index (χ2n) is 8.77. The minimum Gasteiger partial charge on any atom is -0.450 e. The van der Waals surface area contributed by atoms with Crippen LogP contribution in [0, 0.1) is 0 Å². The van der Waals surface area contributed by atoms with Crippen molar-refractivity contribution in [3.05, 3.63) is 35.4 Å². The Labute approximate surface area is 182 Å². The Morgan fingerprint density at radius 1 is 0.767 bits per heavy atom. The van der Waals surface area contributed by atoms with Gasteiger partial charge in [0.1, 0.15) is 0 Å². The molecule has 0 aliphatic rings. The van der Waals surface area contributed by atoms with Crippen molar-refractivity contribution in [2.75, 3.05) is 13.2 Å². The molecule has 170 valence electrons. The number of amides is 2. The van der Waals surface area contributed by atoms with Crippen LogP contribution in [0.4, 0.5) is 9.59 Å². The van der Waals surface area contributed by atoms with E-state index in [2.05, 4.69) is 24.5 Å². The topological polar surface area (TPSA) is 76.7 Å². The lowest BCUT2D eigenvalue weighted by Crippen LogP contribution is -2.43. The molecule has 0 aromatic heterocycles. The molecule has 0 bridgehead atoms. The number of hydrogen-bond donors (Lipinski definition) is 2. The quantitative estimate of drug-likeness (QED) is 0.407. The molecule has 2 amide bonds. The van der Waals surface area contributed by atoms with E-state index < -0.39 is 23.3 Å². The minimum absolute atomic E-state index is 0.422. The molecule has 2 N–H and O–H groups in total. The Morgan fingerprint density at radius 3 is 1.53 bits per heavy atom. The zero-order chi connectivity index (χ0) is 22.6. The highest BCUT2D eigenvalue weighted by atomic mass is 16.6. The number of carbonyl (C=O) groups excluding carboxylic acids is 2. The Balaban J connectivity index is 2.74. The molecular formula is C24H40N2O4. The van der Waals surface area contributed by atoms with Crippen molar-refractivity contribution in [2.45, 2.75) is 91.1 Å². The number of benzene rings is 1. The van der Waals surface area contributed by atoms with Crippen LogP contribution in [0.25, 0.3) is 0 Å². The highest BCUT2D eigenvalue weighted by Crippen LogP contribution is 2.27. The van der Waals surface area contributed by atoms with Crippen LogP contribution in [0.3, 0.4) is 0 Å². The summed E-state index contributed by atoms with van der Waals surface area (Å²) in [6.45, 7) is 12.8. The molecule has 0 heterocycles. The standard InChI is InChI=1S/C24H40N2O4/c1-7-9-11-16-29-21(27)25-23(3,4)19-14-13-15-20(18-19)24(5,6)26-22(28)30-17-12-10-8-2/h13-15,18H,7-12,16-17H2,1-6H3,(H,25,27)(H,26,28). The predicted octanol–water partition coefficient (Wildman–Crippen LogP) is 5.99. The van der Waals surface area contributed by atoms with E-state index in [1.165, 1.54) is 0 Å². The maximum absolute atomic E-state index is 12.2. The monoisotopic (exact) mass is 420 g/mol. The van der Waals surface area contributed by atoms with E-state index in [1.807, 2.05) is 52.0 Å². The Kier molecular flexibility index (Phi) is 10.7. The van der Waals surface area contributed by atoms with Gasteiger partial charge in [-0.25, -0.2) is 9.59 Å². The van der Waals surface area contributed by atoms with Crippen molar-refractivity contribution in [1.82, 2.24) is 10.6 Å². The van der Waals surface area contributed by atoms with E-state index in [0.717, 1.165) is 49.7 Å². The lowest BCUT2D eigenvalue weighted by Gasteiger charge is -2.30. The van der Waals surface area contributed by atoms with Gasteiger partial charge in [-0.05, 0) is 51.7 Å². The van der Waals surface area contributed by atoms with E-state index in [1.54, 1.807) is 0 Å². The molecule has 0 radical (unpaired) electrons. The minimum atomic E-state index is -0.616. The summed E-state index contributed by atoms with van der Waals surface area (Å²) in [4.78, 5) is 24.3. The largest absolute Gasteiger partial charge is 0.450 e. The normalized spacial score (nSPS) is 11.7. The van der Waals surface area contributed by atoms with Crippen LogP contribution in [-0.4, -0.2) is 25.4 Å². The average Bonchev–Trinajstić information content (AvgIpc) is 2.68. The van der Waals surface area contributed by atoms with Gasteiger partial charge in [0.15, 0.2) is 0 Å². The first kappa shape index (κ1) is 25.8. The second-order valence-corrected chi connectivity index (χ2v) is 8.77. The SMILES string of the molecule is CCCCCOC(=O)NC(C)(C)c1cccc(C(C)(C)NC(=O)OCCCCC)c1. The molecule has 0 atom stereocenters. The van der Waals surface area contributed by atoms with Crippen LogP contribution in [-0.2, 0) is 20.6 Å².